The van der Waals surface area contributed by atoms with Crippen LogP contribution in [0.15, 0.2) is 35.5 Å². The average molecular weight is 342 g/mol. The zero-order valence-corrected chi connectivity index (χ0v) is 14.6. The van der Waals surface area contributed by atoms with Crippen molar-refractivity contribution in [2.75, 3.05) is 0 Å². The summed E-state index contributed by atoms with van der Waals surface area (Å²) in [7, 11) is 0. The number of carbonyl (C=O) groups excluding carboxylic acids is 1. The van der Waals surface area contributed by atoms with E-state index >= 15 is 0 Å². The third-order valence-electron chi connectivity index (χ3n) is 4.51. The Bertz CT molecular complexity index is 722. The Hall–Kier alpha value is -1.82. The molecule has 5 nitrogen and oxygen atoms in total. The summed E-state index contributed by atoms with van der Waals surface area (Å²) in [5.74, 6) is 1.77. The van der Waals surface area contributed by atoms with Crippen molar-refractivity contribution in [2.24, 2.45) is 0 Å². The molecule has 1 heterocycles. The molecular weight excluding hydrogens is 320 g/mol. The van der Waals surface area contributed by atoms with Crippen molar-refractivity contribution in [1.29, 1.82) is 0 Å². The van der Waals surface area contributed by atoms with E-state index in [4.69, 9.17) is 0 Å². The van der Waals surface area contributed by atoms with Crippen molar-refractivity contribution >= 4 is 17.7 Å². The molecule has 126 valence electrons. The Morgan fingerprint density at radius 3 is 2.67 bits per heavy atom. The number of hydrogen-bond donors (Lipinski definition) is 1. The molecule has 4 rings (SSSR count). The molecule has 0 bridgehead atoms. The number of rotatable bonds is 7. The van der Waals surface area contributed by atoms with Crippen molar-refractivity contribution in [3.05, 3.63) is 41.7 Å². The van der Waals surface area contributed by atoms with E-state index in [1.54, 1.807) is 0 Å². The van der Waals surface area contributed by atoms with Crippen LogP contribution in [0.3, 0.4) is 0 Å². The predicted molar refractivity (Wildman–Crippen MR) is 93.9 cm³/mol. The van der Waals surface area contributed by atoms with Crippen LogP contribution in [0.1, 0.15) is 56.0 Å². The number of thioether (sulfide) groups is 1. The molecule has 2 aliphatic carbocycles. The van der Waals surface area contributed by atoms with Gasteiger partial charge in [0.2, 0.25) is 5.91 Å². The van der Waals surface area contributed by atoms with Crippen LogP contribution in [0.2, 0.25) is 0 Å². The third-order valence-corrected chi connectivity index (χ3v) is 5.56. The zero-order chi connectivity index (χ0) is 16.5. The highest BCUT2D eigenvalue weighted by molar-refractivity contribution is 8.00. The van der Waals surface area contributed by atoms with Crippen LogP contribution in [0.4, 0.5) is 0 Å². The van der Waals surface area contributed by atoms with Crippen LogP contribution >= 0.6 is 11.8 Å². The van der Waals surface area contributed by atoms with E-state index < -0.39 is 0 Å². The maximum atomic E-state index is 12.4. The van der Waals surface area contributed by atoms with Crippen LogP contribution in [0, 0.1) is 0 Å². The smallest absolute Gasteiger partial charge is 0.233 e. The van der Waals surface area contributed by atoms with E-state index in [-0.39, 0.29) is 11.2 Å². The molecule has 0 unspecified atom stereocenters. The molecule has 1 aromatic carbocycles. The summed E-state index contributed by atoms with van der Waals surface area (Å²) in [5.41, 5.74) is 1.11. The van der Waals surface area contributed by atoms with Crippen LogP contribution in [0.5, 0.6) is 0 Å². The SMILES string of the molecule is C[C@@H](Sc1nnc(C2CC2)n1C1CC1)C(=O)NCc1ccccc1. The lowest BCUT2D eigenvalue weighted by Crippen LogP contribution is -2.30. The van der Waals surface area contributed by atoms with E-state index in [1.807, 2.05) is 37.3 Å². The molecule has 1 aromatic heterocycles. The van der Waals surface area contributed by atoms with Crippen LogP contribution in [0.25, 0.3) is 0 Å². The van der Waals surface area contributed by atoms with Gasteiger partial charge in [-0.25, -0.2) is 0 Å². The Morgan fingerprint density at radius 1 is 1.25 bits per heavy atom. The fraction of sp³-hybridized carbons (Fsp3) is 0.500. The van der Waals surface area contributed by atoms with Crippen molar-refractivity contribution < 1.29 is 4.79 Å². The molecule has 1 N–H and O–H groups in total. The third kappa shape index (κ3) is 3.48. The monoisotopic (exact) mass is 342 g/mol. The van der Waals surface area contributed by atoms with E-state index in [9.17, 15) is 4.79 Å². The first kappa shape index (κ1) is 15.7. The molecule has 2 saturated carbocycles. The molecule has 2 aliphatic rings. The van der Waals surface area contributed by atoms with Crippen molar-refractivity contribution in [2.45, 2.75) is 61.5 Å². The molecule has 0 spiro atoms. The quantitative estimate of drug-likeness (QED) is 0.785. The number of amides is 1. The number of aromatic nitrogens is 3. The summed E-state index contributed by atoms with van der Waals surface area (Å²) in [5, 5.41) is 12.5. The van der Waals surface area contributed by atoms with Crippen LogP contribution < -0.4 is 5.32 Å². The van der Waals surface area contributed by atoms with Gasteiger partial charge in [-0.2, -0.15) is 0 Å². The minimum atomic E-state index is -0.178. The minimum absolute atomic E-state index is 0.0437. The van der Waals surface area contributed by atoms with Crippen molar-refractivity contribution in [1.82, 2.24) is 20.1 Å². The molecule has 0 aliphatic heterocycles. The first-order valence-corrected chi connectivity index (χ1v) is 9.53. The maximum Gasteiger partial charge on any atom is 0.233 e. The second-order valence-corrected chi connectivity index (χ2v) is 7.99. The van der Waals surface area contributed by atoms with Crippen molar-refractivity contribution in [3.63, 3.8) is 0 Å². The van der Waals surface area contributed by atoms with Gasteiger partial charge in [0.05, 0.1) is 5.25 Å². The number of nitrogens with one attached hydrogen (secondary N) is 1. The summed E-state index contributed by atoms with van der Waals surface area (Å²) in [6.07, 6.45) is 4.87. The maximum absolute atomic E-state index is 12.4. The van der Waals surface area contributed by atoms with Gasteiger partial charge in [0, 0.05) is 18.5 Å². The van der Waals surface area contributed by atoms with E-state index in [1.165, 1.54) is 37.4 Å². The van der Waals surface area contributed by atoms with Gasteiger partial charge in [0.15, 0.2) is 5.16 Å². The summed E-state index contributed by atoms with van der Waals surface area (Å²) < 4.78 is 2.29. The van der Waals surface area contributed by atoms with Crippen molar-refractivity contribution in [3.8, 4) is 0 Å². The van der Waals surface area contributed by atoms with E-state index in [0.29, 0.717) is 18.5 Å². The number of hydrogen-bond acceptors (Lipinski definition) is 4. The lowest BCUT2D eigenvalue weighted by molar-refractivity contribution is -0.120. The van der Waals surface area contributed by atoms with Gasteiger partial charge < -0.3 is 9.88 Å². The summed E-state index contributed by atoms with van der Waals surface area (Å²) in [6.45, 7) is 2.50. The zero-order valence-electron chi connectivity index (χ0n) is 13.8. The van der Waals surface area contributed by atoms with Gasteiger partial charge in [-0.3, -0.25) is 4.79 Å². The average Bonchev–Trinajstić information content (AvgIpc) is 3.52. The Kier molecular flexibility index (Phi) is 4.31. The highest BCUT2D eigenvalue weighted by atomic mass is 32.2. The molecule has 1 amide bonds. The second-order valence-electron chi connectivity index (χ2n) is 6.68. The van der Waals surface area contributed by atoms with Gasteiger partial charge in [-0.05, 0) is 38.2 Å². The largest absolute Gasteiger partial charge is 0.351 e. The predicted octanol–water partition coefficient (Wildman–Crippen LogP) is 3.29. The van der Waals surface area contributed by atoms with Gasteiger partial charge >= 0.3 is 0 Å². The normalized spacial score (nSPS) is 18.4. The van der Waals surface area contributed by atoms with Crippen LogP contribution in [-0.4, -0.2) is 25.9 Å². The first-order chi connectivity index (χ1) is 11.7. The Morgan fingerprint density at radius 2 is 2.00 bits per heavy atom. The Balaban J connectivity index is 1.38. The van der Waals surface area contributed by atoms with Gasteiger partial charge in [0.25, 0.3) is 0 Å². The highest BCUT2D eigenvalue weighted by Crippen LogP contribution is 2.46. The number of carbonyl (C=O) groups is 1. The molecular formula is C18H22N4OS. The second kappa shape index (κ2) is 6.59. The van der Waals surface area contributed by atoms with Gasteiger partial charge in [0.1, 0.15) is 5.82 Å². The standard InChI is InChI=1S/C18H22N4OS/c1-12(17(23)19-11-13-5-3-2-4-6-13)24-18-21-20-16(14-7-8-14)22(18)15-9-10-15/h2-6,12,14-15H,7-11H2,1H3,(H,19,23)/t12-/m1/s1. The molecule has 24 heavy (non-hydrogen) atoms. The van der Waals surface area contributed by atoms with Crippen LogP contribution in [-0.2, 0) is 11.3 Å². The topological polar surface area (TPSA) is 59.8 Å². The number of benzene rings is 1. The summed E-state index contributed by atoms with van der Waals surface area (Å²) in [6, 6.07) is 10.5. The van der Waals surface area contributed by atoms with Gasteiger partial charge in [-0.15, -0.1) is 10.2 Å². The van der Waals surface area contributed by atoms with Gasteiger partial charge in [-0.1, -0.05) is 42.1 Å². The fourth-order valence-electron chi connectivity index (χ4n) is 2.80. The molecule has 0 saturated heterocycles. The highest BCUT2D eigenvalue weighted by Gasteiger charge is 2.37. The molecule has 1 atom stereocenters. The molecule has 6 heteroatoms. The molecule has 2 fully saturated rings. The first-order valence-electron chi connectivity index (χ1n) is 8.65. The fourth-order valence-corrected chi connectivity index (χ4v) is 3.76. The summed E-state index contributed by atoms with van der Waals surface area (Å²) >= 11 is 1.53. The number of nitrogens with zero attached hydrogens (tertiary/aromatic N) is 3. The summed E-state index contributed by atoms with van der Waals surface area (Å²) in [4.78, 5) is 12.4. The lowest BCUT2D eigenvalue weighted by Gasteiger charge is -2.13. The van der Waals surface area contributed by atoms with E-state index in [0.717, 1.165) is 16.5 Å². The van der Waals surface area contributed by atoms with E-state index in [2.05, 4.69) is 20.1 Å². The lowest BCUT2D eigenvalue weighted by atomic mass is 10.2. The minimum Gasteiger partial charge on any atom is -0.351 e. The Labute approximate surface area is 146 Å². The molecule has 0 radical (unpaired) electrons. The molecule has 2 aromatic rings.